The van der Waals surface area contributed by atoms with Crippen molar-refractivity contribution in [2.45, 2.75) is 18.9 Å². The van der Waals surface area contributed by atoms with Crippen molar-refractivity contribution in [2.24, 2.45) is 11.8 Å². The second-order valence-corrected chi connectivity index (χ2v) is 6.96. The molecule has 4 rings (SSSR count). The Morgan fingerprint density at radius 3 is 2.46 bits per heavy atom. The number of piperidine rings is 3. The van der Waals surface area contributed by atoms with Crippen molar-refractivity contribution >= 4 is 5.91 Å². The van der Waals surface area contributed by atoms with Crippen LogP contribution in [0.4, 0.5) is 0 Å². The molecule has 26 heavy (non-hydrogen) atoms. The molecule has 3 heterocycles. The van der Waals surface area contributed by atoms with Gasteiger partial charge in [0, 0.05) is 24.7 Å². The van der Waals surface area contributed by atoms with E-state index in [0.717, 1.165) is 19.5 Å². The van der Waals surface area contributed by atoms with Gasteiger partial charge < -0.3 is 19.5 Å². The summed E-state index contributed by atoms with van der Waals surface area (Å²) in [4.78, 5) is 15.1. The van der Waals surface area contributed by atoms with Crippen LogP contribution in [0.15, 0.2) is 24.8 Å². The lowest BCUT2D eigenvalue weighted by Gasteiger charge is -2.49. The minimum atomic E-state index is -0.132. The van der Waals surface area contributed by atoms with Gasteiger partial charge in [0.25, 0.3) is 5.91 Å². The highest BCUT2D eigenvalue weighted by atomic mass is 16.5. The minimum Gasteiger partial charge on any atom is -0.493 e. The Morgan fingerprint density at radius 2 is 1.96 bits per heavy atom. The number of ether oxygens (including phenoxy) is 3. The van der Waals surface area contributed by atoms with E-state index in [1.54, 1.807) is 33.5 Å². The summed E-state index contributed by atoms with van der Waals surface area (Å²) in [6.07, 6.45) is 4.43. The van der Waals surface area contributed by atoms with E-state index in [-0.39, 0.29) is 5.91 Å². The standard InChI is InChI=1S/C20H28N2O4/c1-5-13-12-22-7-6-14(13)8-16(22)11-21-20(23)15-9-17(24-2)19(26-4)18(10-15)25-3/h5,9-10,13-14,16H,1,6-8,11-12H2,2-4H3,(H,21,23). The molecule has 142 valence electrons. The monoisotopic (exact) mass is 360 g/mol. The van der Waals surface area contributed by atoms with Gasteiger partial charge in [0.15, 0.2) is 11.5 Å². The highest BCUT2D eigenvalue weighted by Gasteiger charge is 2.38. The van der Waals surface area contributed by atoms with Crippen LogP contribution >= 0.6 is 0 Å². The van der Waals surface area contributed by atoms with Crippen LogP contribution < -0.4 is 19.5 Å². The molecular formula is C20H28N2O4. The molecule has 4 unspecified atom stereocenters. The summed E-state index contributed by atoms with van der Waals surface area (Å²) in [6, 6.07) is 3.76. The molecule has 4 atom stereocenters. The zero-order valence-electron chi connectivity index (χ0n) is 15.8. The second-order valence-electron chi connectivity index (χ2n) is 6.96. The van der Waals surface area contributed by atoms with E-state index in [2.05, 4.69) is 22.9 Å². The first-order valence-corrected chi connectivity index (χ1v) is 9.06. The fraction of sp³-hybridized carbons (Fsp3) is 0.550. The first kappa shape index (κ1) is 18.6. The van der Waals surface area contributed by atoms with E-state index in [0.29, 0.717) is 47.2 Å². The van der Waals surface area contributed by atoms with Crippen molar-refractivity contribution in [1.29, 1.82) is 0 Å². The fourth-order valence-electron chi connectivity index (χ4n) is 4.18. The number of carbonyl (C=O) groups is 1. The third-order valence-electron chi connectivity index (χ3n) is 5.66. The van der Waals surface area contributed by atoms with Crippen LogP contribution in [0.3, 0.4) is 0 Å². The Hall–Kier alpha value is -2.21. The summed E-state index contributed by atoms with van der Waals surface area (Å²) in [7, 11) is 4.63. The molecule has 1 amide bonds. The molecule has 3 saturated heterocycles. The molecule has 0 saturated carbocycles. The van der Waals surface area contributed by atoms with Gasteiger partial charge >= 0.3 is 0 Å². The van der Waals surface area contributed by atoms with Crippen molar-refractivity contribution in [3.63, 3.8) is 0 Å². The van der Waals surface area contributed by atoms with E-state index >= 15 is 0 Å². The van der Waals surface area contributed by atoms with Crippen LogP contribution in [-0.4, -0.2) is 57.8 Å². The number of benzene rings is 1. The van der Waals surface area contributed by atoms with Crippen molar-refractivity contribution in [3.8, 4) is 17.2 Å². The van der Waals surface area contributed by atoms with Crippen LogP contribution in [0.1, 0.15) is 23.2 Å². The predicted octanol–water partition coefficient (Wildman–Crippen LogP) is 2.34. The summed E-state index contributed by atoms with van der Waals surface area (Å²) in [5, 5.41) is 3.07. The maximum Gasteiger partial charge on any atom is 0.251 e. The van der Waals surface area contributed by atoms with Gasteiger partial charge in [0.1, 0.15) is 0 Å². The van der Waals surface area contributed by atoms with E-state index in [1.165, 1.54) is 6.42 Å². The highest BCUT2D eigenvalue weighted by molar-refractivity contribution is 5.95. The number of fused-ring (bicyclic) bond motifs is 3. The second kappa shape index (κ2) is 7.99. The number of amides is 1. The number of methoxy groups -OCH3 is 3. The first-order chi connectivity index (χ1) is 12.6. The summed E-state index contributed by atoms with van der Waals surface area (Å²) < 4.78 is 16.0. The highest BCUT2D eigenvalue weighted by Crippen LogP contribution is 2.38. The van der Waals surface area contributed by atoms with Crippen molar-refractivity contribution in [2.75, 3.05) is 41.0 Å². The number of rotatable bonds is 7. The molecule has 0 aromatic heterocycles. The zero-order chi connectivity index (χ0) is 18.7. The molecule has 0 radical (unpaired) electrons. The van der Waals surface area contributed by atoms with Crippen molar-refractivity contribution in [3.05, 3.63) is 30.4 Å². The van der Waals surface area contributed by atoms with Gasteiger partial charge in [-0.1, -0.05) is 6.08 Å². The first-order valence-electron chi connectivity index (χ1n) is 9.06. The molecule has 0 aliphatic carbocycles. The molecule has 1 N–H and O–H groups in total. The van der Waals surface area contributed by atoms with E-state index in [9.17, 15) is 4.79 Å². The van der Waals surface area contributed by atoms with Gasteiger partial charge in [-0.05, 0) is 43.4 Å². The van der Waals surface area contributed by atoms with E-state index < -0.39 is 0 Å². The van der Waals surface area contributed by atoms with E-state index in [1.807, 2.05) is 0 Å². The van der Waals surface area contributed by atoms with Crippen LogP contribution in [0.2, 0.25) is 0 Å². The number of hydrogen-bond acceptors (Lipinski definition) is 5. The van der Waals surface area contributed by atoms with E-state index in [4.69, 9.17) is 14.2 Å². The lowest BCUT2D eigenvalue weighted by atomic mass is 9.75. The molecular weight excluding hydrogens is 332 g/mol. The van der Waals surface area contributed by atoms with Gasteiger partial charge in [-0.2, -0.15) is 0 Å². The maximum absolute atomic E-state index is 12.7. The van der Waals surface area contributed by atoms with Crippen LogP contribution in [0, 0.1) is 11.8 Å². The van der Waals surface area contributed by atoms with Gasteiger partial charge in [0.05, 0.1) is 21.3 Å². The summed E-state index contributed by atoms with van der Waals surface area (Å²) in [5.74, 6) is 2.59. The minimum absolute atomic E-state index is 0.132. The Bertz CT molecular complexity index is 651. The molecule has 6 heteroatoms. The molecule has 2 bridgehead atoms. The smallest absolute Gasteiger partial charge is 0.251 e. The fourth-order valence-corrected chi connectivity index (χ4v) is 4.18. The molecule has 0 spiro atoms. The number of nitrogens with one attached hydrogen (secondary N) is 1. The van der Waals surface area contributed by atoms with Gasteiger partial charge in [0.2, 0.25) is 5.75 Å². The third kappa shape index (κ3) is 3.51. The molecule has 3 aliphatic heterocycles. The van der Waals surface area contributed by atoms with Crippen LogP contribution in [0.25, 0.3) is 0 Å². The topological polar surface area (TPSA) is 60.0 Å². The van der Waals surface area contributed by atoms with Gasteiger partial charge in [-0.15, -0.1) is 6.58 Å². The maximum atomic E-state index is 12.7. The lowest BCUT2D eigenvalue weighted by Crippen LogP contribution is -2.56. The molecule has 6 nitrogen and oxygen atoms in total. The van der Waals surface area contributed by atoms with Crippen molar-refractivity contribution in [1.82, 2.24) is 10.2 Å². The third-order valence-corrected chi connectivity index (χ3v) is 5.66. The molecule has 3 aliphatic rings. The zero-order valence-corrected chi connectivity index (χ0v) is 15.8. The van der Waals surface area contributed by atoms with Gasteiger partial charge in [-0.3, -0.25) is 9.69 Å². The summed E-state index contributed by atoms with van der Waals surface area (Å²) in [6.45, 7) is 6.77. The molecule has 3 fully saturated rings. The SMILES string of the molecule is C=CC1CN2CCC1CC2CNC(=O)c1cc(OC)c(OC)c(OC)c1. The quantitative estimate of drug-likeness (QED) is 0.757. The lowest BCUT2D eigenvalue weighted by molar-refractivity contribution is 0.0195. The Labute approximate surface area is 155 Å². The van der Waals surface area contributed by atoms with Gasteiger partial charge in [-0.25, -0.2) is 0 Å². The Balaban J connectivity index is 1.66. The van der Waals surface area contributed by atoms with Crippen LogP contribution in [-0.2, 0) is 0 Å². The Morgan fingerprint density at radius 1 is 1.27 bits per heavy atom. The Kier molecular flexibility index (Phi) is 5.71. The molecule has 1 aromatic carbocycles. The van der Waals surface area contributed by atoms with Crippen molar-refractivity contribution < 1.29 is 19.0 Å². The summed E-state index contributed by atoms with van der Waals surface area (Å²) >= 11 is 0. The normalized spacial score (nSPS) is 26.9. The summed E-state index contributed by atoms with van der Waals surface area (Å²) in [5.41, 5.74) is 0.499. The van der Waals surface area contributed by atoms with Crippen LogP contribution in [0.5, 0.6) is 17.2 Å². The average Bonchev–Trinajstić information content (AvgIpc) is 2.70. The molecule has 1 aromatic rings. The predicted molar refractivity (Wildman–Crippen MR) is 100 cm³/mol. The number of hydrogen-bond donors (Lipinski definition) is 1. The number of carbonyl (C=O) groups excluding carboxylic acids is 1. The number of nitrogens with zero attached hydrogens (tertiary/aromatic N) is 1. The largest absolute Gasteiger partial charge is 0.493 e. The average molecular weight is 360 g/mol.